The summed E-state index contributed by atoms with van der Waals surface area (Å²) in [6.07, 6.45) is 4.06. The summed E-state index contributed by atoms with van der Waals surface area (Å²) < 4.78 is 0. The molecular weight excluding hydrogens is 154 g/mol. The molecule has 2 heteroatoms. The molecule has 1 heterocycles. The van der Waals surface area contributed by atoms with E-state index in [4.69, 9.17) is 0 Å². The molecule has 1 fully saturated rings. The van der Waals surface area contributed by atoms with Crippen molar-refractivity contribution in [3.8, 4) is 0 Å². The molecule has 1 aliphatic rings. The summed E-state index contributed by atoms with van der Waals surface area (Å²) >= 11 is 2.10. The predicted molar refractivity (Wildman–Crippen MR) is 53.3 cm³/mol. The summed E-state index contributed by atoms with van der Waals surface area (Å²) in [7, 11) is 4.44. The van der Waals surface area contributed by atoms with E-state index in [1.807, 2.05) is 0 Å². The van der Waals surface area contributed by atoms with Gasteiger partial charge in [0, 0.05) is 5.54 Å². The number of hydrogen-bond acceptors (Lipinski definition) is 2. The van der Waals surface area contributed by atoms with Crippen molar-refractivity contribution in [2.24, 2.45) is 0 Å². The number of thioether (sulfide) groups is 1. The fourth-order valence-electron chi connectivity index (χ4n) is 1.87. The first-order valence-corrected chi connectivity index (χ1v) is 5.62. The van der Waals surface area contributed by atoms with Crippen molar-refractivity contribution in [2.45, 2.75) is 31.7 Å². The fourth-order valence-corrected chi connectivity index (χ4v) is 3.12. The first kappa shape index (κ1) is 9.40. The predicted octanol–water partition coefficient (Wildman–Crippen LogP) is 2.22. The third-order valence-corrected chi connectivity index (χ3v) is 4.02. The summed E-state index contributed by atoms with van der Waals surface area (Å²) in [6.45, 7) is 2.32. The van der Waals surface area contributed by atoms with Gasteiger partial charge in [0.1, 0.15) is 0 Å². The summed E-state index contributed by atoms with van der Waals surface area (Å²) in [5.41, 5.74) is 0.533. The van der Waals surface area contributed by atoms with E-state index in [9.17, 15) is 0 Å². The Labute approximate surface area is 74.5 Å². The van der Waals surface area contributed by atoms with Crippen molar-refractivity contribution in [3.63, 3.8) is 0 Å². The van der Waals surface area contributed by atoms with Gasteiger partial charge in [-0.05, 0) is 44.9 Å². The lowest BCUT2D eigenvalue weighted by Gasteiger charge is -2.42. The highest BCUT2D eigenvalue weighted by Gasteiger charge is 2.31. The molecular formula is C9H19NS. The number of rotatable bonds is 2. The zero-order chi connectivity index (χ0) is 8.32. The molecule has 0 radical (unpaired) electrons. The lowest BCUT2D eigenvalue weighted by Crippen LogP contribution is -2.46. The molecule has 1 nitrogen and oxygen atoms in total. The molecule has 0 atom stereocenters. The van der Waals surface area contributed by atoms with Crippen molar-refractivity contribution in [1.29, 1.82) is 0 Å². The highest BCUT2D eigenvalue weighted by molar-refractivity contribution is 7.99. The van der Waals surface area contributed by atoms with Gasteiger partial charge in [-0.1, -0.05) is 6.92 Å². The lowest BCUT2D eigenvalue weighted by atomic mass is 9.88. The van der Waals surface area contributed by atoms with E-state index in [0.29, 0.717) is 5.54 Å². The quantitative estimate of drug-likeness (QED) is 0.630. The molecule has 1 aliphatic heterocycles. The maximum atomic E-state index is 2.42. The van der Waals surface area contributed by atoms with Gasteiger partial charge in [0.25, 0.3) is 0 Å². The maximum Gasteiger partial charge on any atom is 0.0216 e. The Morgan fingerprint density at radius 2 is 1.82 bits per heavy atom. The molecule has 0 amide bonds. The van der Waals surface area contributed by atoms with Gasteiger partial charge in [-0.15, -0.1) is 0 Å². The van der Waals surface area contributed by atoms with E-state index in [2.05, 4.69) is 37.7 Å². The minimum Gasteiger partial charge on any atom is -0.304 e. The molecule has 0 spiro atoms. The maximum absolute atomic E-state index is 2.42. The first-order chi connectivity index (χ1) is 5.21. The zero-order valence-corrected chi connectivity index (χ0v) is 8.71. The highest BCUT2D eigenvalue weighted by Crippen LogP contribution is 2.33. The van der Waals surface area contributed by atoms with E-state index < -0.39 is 0 Å². The van der Waals surface area contributed by atoms with Crippen molar-refractivity contribution < 1.29 is 0 Å². The third kappa shape index (κ3) is 1.91. The highest BCUT2D eigenvalue weighted by atomic mass is 32.2. The molecule has 0 aromatic heterocycles. The monoisotopic (exact) mass is 173 g/mol. The summed E-state index contributed by atoms with van der Waals surface area (Å²) in [5, 5.41) is 0. The molecule has 0 aliphatic carbocycles. The van der Waals surface area contributed by atoms with Crippen LogP contribution in [0.25, 0.3) is 0 Å². The van der Waals surface area contributed by atoms with Crippen LogP contribution in [0.4, 0.5) is 0 Å². The topological polar surface area (TPSA) is 3.24 Å². The van der Waals surface area contributed by atoms with Crippen LogP contribution in [-0.4, -0.2) is 36.0 Å². The summed E-state index contributed by atoms with van der Waals surface area (Å²) in [4.78, 5) is 2.42. The van der Waals surface area contributed by atoms with Crippen LogP contribution >= 0.6 is 11.8 Å². The molecule has 0 bridgehead atoms. The molecule has 66 valence electrons. The van der Waals surface area contributed by atoms with Crippen molar-refractivity contribution in [1.82, 2.24) is 4.90 Å². The average Bonchev–Trinajstić information content (AvgIpc) is 2.05. The number of nitrogens with zero attached hydrogens (tertiary/aromatic N) is 1. The van der Waals surface area contributed by atoms with Crippen LogP contribution in [0.15, 0.2) is 0 Å². The standard InChI is InChI=1S/C9H19NS/c1-4-9(10(2)3)5-7-11-8-6-9/h4-8H2,1-3H3. The summed E-state index contributed by atoms with van der Waals surface area (Å²) in [6, 6.07) is 0. The first-order valence-electron chi connectivity index (χ1n) is 4.46. The van der Waals surface area contributed by atoms with E-state index in [0.717, 1.165) is 0 Å². The molecule has 1 saturated heterocycles. The summed E-state index contributed by atoms with van der Waals surface area (Å²) in [5.74, 6) is 2.71. The van der Waals surface area contributed by atoms with Crippen LogP contribution in [0.2, 0.25) is 0 Å². The molecule has 0 saturated carbocycles. The van der Waals surface area contributed by atoms with Crippen LogP contribution in [0.5, 0.6) is 0 Å². The van der Waals surface area contributed by atoms with Crippen LogP contribution in [0, 0.1) is 0 Å². The number of hydrogen-bond donors (Lipinski definition) is 0. The lowest BCUT2D eigenvalue weighted by molar-refractivity contribution is 0.133. The third-order valence-electron chi connectivity index (χ3n) is 3.03. The van der Waals surface area contributed by atoms with Crippen LogP contribution in [-0.2, 0) is 0 Å². The molecule has 1 rings (SSSR count). The molecule has 11 heavy (non-hydrogen) atoms. The molecule has 0 aromatic carbocycles. The van der Waals surface area contributed by atoms with Crippen LogP contribution in [0.3, 0.4) is 0 Å². The normalized spacial score (nSPS) is 24.0. The Balaban J connectivity index is 2.57. The smallest absolute Gasteiger partial charge is 0.0216 e. The Hall–Kier alpha value is 0.310. The zero-order valence-electron chi connectivity index (χ0n) is 7.89. The molecule has 0 N–H and O–H groups in total. The van der Waals surface area contributed by atoms with Gasteiger partial charge < -0.3 is 4.90 Å². The van der Waals surface area contributed by atoms with Gasteiger partial charge in [-0.2, -0.15) is 11.8 Å². The molecule has 0 aromatic rings. The second kappa shape index (κ2) is 3.81. The van der Waals surface area contributed by atoms with Crippen molar-refractivity contribution in [2.75, 3.05) is 25.6 Å². The second-order valence-electron chi connectivity index (χ2n) is 3.58. The van der Waals surface area contributed by atoms with Gasteiger partial charge in [-0.25, -0.2) is 0 Å². The minimum absolute atomic E-state index is 0.533. The molecule has 0 unspecified atom stereocenters. The largest absolute Gasteiger partial charge is 0.304 e. The van der Waals surface area contributed by atoms with Gasteiger partial charge >= 0.3 is 0 Å². The Bertz CT molecular complexity index is 117. The second-order valence-corrected chi connectivity index (χ2v) is 4.81. The van der Waals surface area contributed by atoms with E-state index in [-0.39, 0.29) is 0 Å². The Morgan fingerprint density at radius 3 is 2.09 bits per heavy atom. The fraction of sp³-hybridized carbons (Fsp3) is 1.00. The van der Waals surface area contributed by atoms with E-state index in [1.54, 1.807) is 0 Å². The van der Waals surface area contributed by atoms with E-state index in [1.165, 1.54) is 30.8 Å². The van der Waals surface area contributed by atoms with Crippen molar-refractivity contribution in [3.05, 3.63) is 0 Å². The van der Waals surface area contributed by atoms with Crippen molar-refractivity contribution >= 4 is 11.8 Å². The average molecular weight is 173 g/mol. The van der Waals surface area contributed by atoms with Gasteiger partial charge in [-0.3, -0.25) is 0 Å². The van der Waals surface area contributed by atoms with E-state index >= 15 is 0 Å². The van der Waals surface area contributed by atoms with Crippen LogP contribution in [0.1, 0.15) is 26.2 Å². The SMILES string of the molecule is CCC1(N(C)C)CCSCC1. The minimum atomic E-state index is 0.533. The van der Waals surface area contributed by atoms with Gasteiger partial charge in [0.2, 0.25) is 0 Å². The van der Waals surface area contributed by atoms with Gasteiger partial charge in [0.15, 0.2) is 0 Å². The Morgan fingerprint density at radius 1 is 1.27 bits per heavy atom. The van der Waals surface area contributed by atoms with Crippen LogP contribution < -0.4 is 0 Å². The Kier molecular flexibility index (Phi) is 3.26. The van der Waals surface area contributed by atoms with Gasteiger partial charge in [0.05, 0.1) is 0 Å².